The van der Waals surface area contributed by atoms with Gasteiger partial charge in [-0.25, -0.2) is 9.59 Å². The van der Waals surface area contributed by atoms with E-state index in [1.54, 1.807) is 26.8 Å². The number of aliphatic hydroxyl groups excluding tert-OH is 2. The third-order valence-electron chi connectivity index (χ3n) is 6.88. The molecule has 0 aromatic carbocycles. The maximum absolute atomic E-state index is 13.0. The summed E-state index contributed by atoms with van der Waals surface area (Å²) in [7, 11) is 0. The molecule has 0 aromatic heterocycles. The maximum Gasteiger partial charge on any atom is 0.331 e. The standard InChI is InChI=1S/C32H46O7/c1-20(15-22(3)11-13-28-24(5)12-14-30(36)39-28)9-8-10-21(2)17-27(19-33)32(38)26(7)31(37)25(6)16-23(4)18-29(34)35/h8,10-15,17-18,20,24-28,31,33,37H,9,16,19H2,1-7H3,(H,34,35)/b10-8+,13-11+,21-17+,22-15-,23-18+/t20-,24+,25+,26+,27+,28+,31-/m0/s1. The van der Waals surface area contributed by atoms with Crippen LogP contribution < -0.4 is 0 Å². The Bertz CT molecular complexity index is 1030. The van der Waals surface area contributed by atoms with Crippen LogP contribution in [-0.4, -0.2) is 51.9 Å². The number of Topliss-reactive ketones (excluding diaryl/α,β-unsaturated/α-hetero) is 1. The Morgan fingerprint density at radius 1 is 1.08 bits per heavy atom. The monoisotopic (exact) mass is 542 g/mol. The largest absolute Gasteiger partial charge is 0.478 e. The summed E-state index contributed by atoms with van der Waals surface area (Å²) in [6.07, 6.45) is 16.0. The van der Waals surface area contributed by atoms with Crippen molar-refractivity contribution in [2.45, 2.75) is 73.5 Å². The number of aliphatic carboxylic acids is 1. The van der Waals surface area contributed by atoms with Crippen LogP contribution in [0.3, 0.4) is 0 Å². The van der Waals surface area contributed by atoms with Crippen LogP contribution in [0.25, 0.3) is 0 Å². The van der Waals surface area contributed by atoms with Crippen molar-refractivity contribution in [3.63, 3.8) is 0 Å². The first-order valence-electron chi connectivity index (χ1n) is 13.6. The lowest BCUT2D eigenvalue weighted by Gasteiger charge is -2.26. The zero-order valence-electron chi connectivity index (χ0n) is 24.3. The summed E-state index contributed by atoms with van der Waals surface area (Å²) in [5.41, 5.74) is 2.53. The Hall–Kier alpha value is -3.03. The molecule has 0 radical (unpaired) electrons. The van der Waals surface area contributed by atoms with Gasteiger partial charge in [-0.15, -0.1) is 0 Å². The fourth-order valence-electron chi connectivity index (χ4n) is 4.62. The molecule has 0 bridgehead atoms. The SMILES string of the molecule is CC(=C/[C@@H](C)C/C=C/C(C)=C/[C@H](CO)C(=O)[C@H](C)[C@@H](O)[C@H](C)C/C(C)=C/C(=O)O)/C=C/[C@H]1OC(=O)C=C[C@H]1C. The van der Waals surface area contributed by atoms with Gasteiger partial charge in [0.15, 0.2) is 0 Å². The molecule has 39 heavy (non-hydrogen) atoms. The molecule has 0 fully saturated rings. The number of hydrogen-bond acceptors (Lipinski definition) is 6. The predicted molar refractivity (Wildman–Crippen MR) is 154 cm³/mol. The molecular formula is C32H46O7. The van der Waals surface area contributed by atoms with Gasteiger partial charge in [-0.3, -0.25) is 4.79 Å². The van der Waals surface area contributed by atoms with E-state index in [1.165, 1.54) is 6.08 Å². The number of ether oxygens (including phenoxy) is 1. The normalized spacial score (nSPS) is 23.0. The van der Waals surface area contributed by atoms with Crippen LogP contribution in [-0.2, 0) is 19.1 Å². The van der Waals surface area contributed by atoms with Gasteiger partial charge >= 0.3 is 11.9 Å². The number of aliphatic hydroxyl groups is 2. The average molecular weight is 543 g/mol. The summed E-state index contributed by atoms with van der Waals surface area (Å²) < 4.78 is 5.34. The van der Waals surface area contributed by atoms with Crippen molar-refractivity contribution < 1.29 is 34.4 Å². The highest BCUT2D eigenvalue weighted by molar-refractivity contribution is 5.85. The van der Waals surface area contributed by atoms with E-state index in [-0.39, 0.29) is 42.2 Å². The highest BCUT2D eigenvalue weighted by Crippen LogP contribution is 2.24. The fraction of sp³-hybridized carbons (Fsp3) is 0.531. The molecule has 0 aromatic rings. The molecule has 7 nitrogen and oxygen atoms in total. The Morgan fingerprint density at radius 3 is 2.33 bits per heavy atom. The Morgan fingerprint density at radius 2 is 1.72 bits per heavy atom. The molecule has 216 valence electrons. The third kappa shape index (κ3) is 12.6. The van der Waals surface area contributed by atoms with Gasteiger partial charge in [-0.2, -0.15) is 0 Å². The van der Waals surface area contributed by atoms with Crippen LogP contribution in [0.4, 0.5) is 0 Å². The van der Waals surface area contributed by atoms with Gasteiger partial charge in [-0.05, 0) is 51.5 Å². The Balaban J connectivity index is 2.71. The van der Waals surface area contributed by atoms with E-state index in [1.807, 2.05) is 51.2 Å². The van der Waals surface area contributed by atoms with Crippen LogP contribution in [0.1, 0.15) is 61.3 Å². The predicted octanol–water partition coefficient (Wildman–Crippen LogP) is 5.37. The van der Waals surface area contributed by atoms with Crippen molar-refractivity contribution in [2.75, 3.05) is 6.61 Å². The van der Waals surface area contributed by atoms with E-state index < -0.39 is 23.9 Å². The fourth-order valence-corrected chi connectivity index (χ4v) is 4.62. The second kappa shape index (κ2) is 16.8. The summed E-state index contributed by atoms with van der Waals surface area (Å²) >= 11 is 0. The molecule has 1 aliphatic rings. The summed E-state index contributed by atoms with van der Waals surface area (Å²) in [4.78, 5) is 35.3. The molecule has 1 aliphatic heterocycles. The van der Waals surface area contributed by atoms with Crippen LogP contribution >= 0.6 is 0 Å². The van der Waals surface area contributed by atoms with Crippen molar-refractivity contribution >= 4 is 17.7 Å². The minimum Gasteiger partial charge on any atom is -0.478 e. The van der Waals surface area contributed by atoms with Gasteiger partial charge in [-0.1, -0.05) is 80.9 Å². The molecule has 0 aliphatic carbocycles. The molecule has 0 saturated carbocycles. The van der Waals surface area contributed by atoms with Crippen molar-refractivity contribution in [3.8, 4) is 0 Å². The number of allylic oxidation sites excluding steroid dienone is 7. The molecule has 0 spiro atoms. The summed E-state index contributed by atoms with van der Waals surface area (Å²) in [5, 5.41) is 29.4. The lowest BCUT2D eigenvalue weighted by Crippen LogP contribution is -2.35. The first kappa shape index (κ1) is 34.0. The van der Waals surface area contributed by atoms with Gasteiger partial charge in [0, 0.05) is 24.0 Å². The lowest BCUT2D eigenvalue weighted by molar-refractivity contribution is -0.143. The minimum atomic E-state index is -1.04. The lowest BCUT2D eigenvalue weighted by atomic mass is 9.82. The number of carbonyl (C=O) groups excluding carboxylic acids is 2. The first-order valence-corrected chi connectivity index (χ1v) is 13.6. The summed E-state index contributed by atoms with van der Waals surface area (Å²) in [6.45, 7) is 12.7. The number of carboxylic acids is 1. The molecule has 3 N–H and O–H groups in total. The van der Waals surface area contributed by atoms with Crippen molar-refractivity contribution in [1.29, 1.82) is 0 Å². The van der Waals surface area contributed by atoms with E-state index in [4.69, 9.17) is 9.84 Å². The van der Waals surface area contributed by atoms with Crippen LogP contribution in [0.2, 0.25) is 0 Å². The maximum atomic E-state index is 13.0. The van der Waals surface area contributed by atoms with Crippen LogP contribution in [0, 0.1) is 29.6 Å². The Kier molecular flexibility index (Phi) is 14.7. The molecule has 1 rings (SSSR count). The molecular weight excluding hydrogens is 496 g/mol. The second-order valence-corrected chi connectivity index (χ2v) is 10.9. The number of rotatable bonds is 15. The molecule has 0 saturated heterocycles. The summed E-state index contributed by atoms with van der Waals surface area (Å²) in [5.74, 6) is -2.98. The van der Waals surface area contributed by atoms with Gasteiger partial charge < -0.3 is 20.1 Å². The van der Waals surface area contributed by atoms with E-state index in [0.717, 1.165) is 23.6 Å². The molecule has 7 atom stereocenters. The van der Waals surface area contributed by atoms with E-state index in [0.29, 0.717) is 12.0 Å². The number of cyclic esters (lactones) is 1. The van der Waals surface area contributed by atoms with Gasteiger partial charge in [0.1, 0.15) is 11.9 Å². The third-order valence-corrected chi connectivity index (χ3v) is 6.88. The second-order valence-electron chi connectivity index (χ2n) is 10.9. The Labute approximate surface area is 233 Å². The zero-order chi connectivity index (χ0) is 29.7. The topological polar surface area (TPSA) is 121 Å². The molecule has 1 heterocycles. The zero-order valence-corrected chi connectivity index (χ0v) is 24.3. The van der Waals surface area contributed by atoms with E-state index >= 15 is 0 Å². The molecule has 0 unspecified atom stereocenters. The molecule has 7 heteroatoms. The number of esters is 1. The number of hydrogen-bond donors (Lipinski definition) is 3. The van der Waals surface area contributed by atoms with Crippen LogP contribution in [0.15, 0.2) is 71.4 Å². The van der Waals surface area contributed by atoms with Gasteiger partial charge in [0.05, 0.1) is 18.6 Å². The van der Waals surface area contributed by atoms with Crippen molar-refractivity contribution in [1.82, 2.24) is 0 Å². The highest BCUT2D eigenvalue weighted by Gasteiger charge is 2.30. The van der Waals surface area contributed by atoms with E-state index in [9.17, 15) is 24.6 Å². The average Bonchev–Trinajstić information content (AvgIpc) is 2.85. The van der Waals surface area contributed by atoms with Crippen molar-refractivity contribution in [2.24, 2.45) is 29.6 Å². The van der Waals surface area contributed by atoms with Gasteiger partial charge in [0.25, 0.3) is 0 Å². The first-order chi connectivity index (χ1) is 18.2. The van der Waals surface area contributed by atoms with Crippen LogP contribution in [0.5, 0.6) is 0 Å². The minimum absolute atomic E-state index is 0.135. The molecule has 0 amide bonds. The van der Waals surface area contributed by atoms with Crippen molar-refractivity contribution in [3.05, 3.63) is 71.4 Å². The van der Waals surface area contributed by atoms with Gasteiger partial charge in [0.2, 0.25) is 0 Å². The number of ketones is 1. The quantitative estimate of drug-likeness (QED) is 0.145. The smallest absolute Gasteiger partial charge is 0.331 e. The number of carboxylic acid groups (broad SMARTS) is 1. The highest BCUT2D eigenvalue weighted by atomic mass is 16.5. The number of carbonyl (C=O) groups is 3. The van der Waals surface area contributed by atoms with E-state index in [2.05, 4.69) is 13.0 Å². The summed E-state index contributed by atoms with van der Waals surface area (Å²) in [6, 6.07) is 0.